The van der Waals surface area contributed by atoms with Gasteiger partial charge in [0.25, 0.3) is 0 Å². The highest BCUT2D eigenvalue weighted by Crippen LogP contribution is 2.43. The number of hydrogen-bond donors (Lipinski definition) is 4. The Kier molecular flexibility index (Phi) is 40.5. The number of aliphatic hydroxyl groups is 1. The maximum absolute atomic E-state index is 12.8. The van der Waals surface area contributed by atoms with E-state index in [0.29, 0.717) is 6.42 Å². The lowest BCUT2D eigenvalue weighted by Gasteiger charge is -2.23. The topological polar surface area (TPSA) is 131 Å². The molecular formula is C47H83N2O6P. The van der Waals surface area contributed by atoms with Gasteiger partial charge < -0.3 is 21.1 Å². The average molecular weight is 803 g/mol. The van der Waals surface area contributed by atoms with Gasteiger partial charge in [-0.2, -0.15) is 0 Å². The lowest BCUT2D eigenvalue weighted by molar-refractivity contribution is -0.123. The molecule has 1 amide bonds. The smallest absolute Gasteiger partial charge is 0.387 e. The van der Waals surface area contributed by atoms with E-state index in [9.17, 15) is 19.4 Å². The predicted molar refractivity (Wildman–Crippen MR) is 239 cm³/mol. The number of carbonyl (C=O) groups is 1. The number of nitrogens with two attached hydrogens (primary N) is 1. The summed E-state index contributed by atoms with van der Waals surface area (Å²) in [5, 5.41) is 13.7. The zero-order valence-corrected chi connectivity index (χ0v) is 36.5. The number of aliphatic hydroxyl groups excluding tert-OH is 1. The van der Waals surface area contributed by atoms with Crippen LogP contribution in [0.1, 0.15) is 174 Å². The van der Waals surface area contributed by atoms with Crippen molar-refractivity contribution in [3.63, 3.8) is 0 Å². The molecule has 8 nitrogen and oxygen atoms in total. The monoisotopic (exact) mass is 803 g/mol. The molecule has 0 aromatic heterocycles. The first kappa shape index (κ1) is 53.7. The fourth-order valence-electron chi connectivity index (χ4n) is 5.90. The summed E-state index contributed by atoms with van der Waals surface area (Å²) in [7, 11) is -4.35. The summed E-state index contributed by atoms with van der Waals surface area (Å²) in [6.07, 6.45) is 56.3. The fourth-order valence-corrected chi connectivity index (χ4v) is 6.66. The van der Waals surface area contributed by atoms with Crippen LogP contribution in [-0.4, -0.2) is 47.8 Å². The van der Waals surface area contributed by atoms with E-state index < -0.39 is 20.0 Å². The van der Waals surface area contributed by atoms with E-state index in [1.54, 1.807) is 6.08 Å². The maximum Gasteiger partial charge on any atom is 0.472 e. The molecule has 0 spiro atoms. The van der Waals surface area contributed by atoms with Crippen molar-refractivity contribution in [3.8, 4) is 0 Å². The summed E-state index contributed by atoms with van der Waals surface area (Å²) in [5.41, 5.74) is 5.37. The van der Waals surface area contributed by atoms with Gasteiger partial charge in [0.1, 0.15) is 0 Å². The molecule has 0 fully saturated rings. The van der Waals surface area contributed by atoms with Crippen molar-refractivity contribution < 1.29 is 28.4 Å². The zero-order chi connectivity index (χ0) is 41.1. The van der Waals surface area contributed by atoms with Crippen molar-refractivity contribution in [1.82, 2.24) is 5.32 Å². The molecule has 0 heterocycles. The second-order valence-corrected chi connectivity index (χ2v) is 16.0. The van der Waals surface area contributed by atoms with Crippen molar-refractivity contribution in [1.29, 1.82) is 0 Å². The van der Waals surface area contributed by atoms with Crippen LogP contribution in [0.2, 0.25) is 0 Å². The number of hydrogen-bond acceptors (Lipinski definition) is 6. The Hall–Kier alpha value is -2.32. The highest BCUT2D eigenvalue weighted by atomic mass is 31.2. The maximum atomic E-state index is 12.8. The van der Waals surface area contributed by atoms with Crippen molar-refractivity contribution in [3.05, 3.63) is 85.1 Å². The molecular weight excluding hydrogens is 719 g/mol. The van der Waals surface area contributed by atoms with E-state index >= 15 is 0 Å². The third-order valence-electron chi connectivity index (χ3n) is 9.23. The van der Waals surface area contributed by atoms with E-state index in [1.165, 1.54) is 64.2 Å². The summed E-state index contributed by atoms with van der Waals surface area (Å²) >= 11 is 0. The van der Waals surface area contributed by atoms with E-state index in [-0.39, 0.29) is 25.7 Å². The lowest BCUT2D eigenvalue weighted by atomic mass is 10.0. The minimum atomic E-state index is -4.35. The van der Waals surface area contributed by atoms with Crippen molar-refractivity contribution >= 4 is 13.7 Å². The molecule has 0 aromatic rings. The second kappa shape index (κ2) is 42.3. The van der Waals surface area contributed by atoms with Gasteiger partial charge in [-0.3, -0.25) is 13.8 Å². The van der Waals surface area contributed by atoms with Crippen LogP contribution in [0, 0.1) is 0 Å². The molecule has 0 radical (unpaired) electrons. The van der Waals surface area contributed by atoms with Gasteiger partial charge in [-0.05, 0) is 70.6 Å². The lowest BCUT2D eigenvalue weighted by Crippen LogP contribution is -2.45. The Morgan fingerprint density at radius 1 is 0.607 bits per heavy atom. The quantitative estimate of drug-likeness (QED) is 0.0276. The van der Waals surface area contributed by atoms with Gasteiger partial charge in [-0.15, -0.1) is 0 Å². The number of amides is 1. The van der Waals surface area contributed by atoms with Crippen LogP contribution < -0.4 is 11.1 Å². The molecule has 5 N–H and O–H groups in total. The zero-order valence-electron chi connectivity index (χ0n) is 35.6. The largest absolute Gasteiger partial charge is 0.472 e. The second-order valence-electron chi connectivity index (χ2n) is 14.5. The van der Waals surface area contributed by atoms with Gasteiger partial charge >= 0.3 is 7.82 Å². The molecule has 0 saturated heterocycles. The third kappa shape index (κ3) is 39.9. The number of allylic oxidation sites excluding steroid dienone is 13. The summed E-state index contributed by atoms with van der Waals surface area (Å²) in [5.74, 6) is -0.223. The number of phosphoric ester groups is 1. The minimum Gasteiger partial charge on any atom is -0.387 e. The molecule has 0 aliphatic heterocycles. The highest BCUT2D eigenvalue weighted by molar-refractivity contribution is 7.47. The van der Waals surface area contributed by atoms with Crippen LogP contribution in [0.15, 0.2) is 85.1 Å². The first-order valence-electron chi connectivity index (χ1n) is 22.2. The SMILES string of the molecule is CC/C=C\C/C=C\C/C=C\C/C=C\C/C=C\C/C=C\CCCCCCC(=O)NC(COP(=O)(O)OCCN)C(O)/C=C/CCCCCCCCCCCCCC. The Morgan fingerprint density at radius 2 is 1.04 bits per heavy atom. The van der Waals surface area contributed by atoms with E-state index in [2.05, 4.69) is 92.1 Å². The van der Waals surface area contributed by atoms with Gasteiger partial charge in [0.05, 0.1) is 25.4 Å². The molecule has 56 heavy (non-hydrogen) atoms. The van der Waals surface area contributed by atoms with Gasteiger partial charge in [0.2, 0.25) is 5.91 Å². The first-order valence-corrected chi connectivity index (χ1v) is 23.7. The molecule has 0 aromatic carbocycles. The normalized spacial score (nSPS) is 14.9. The van der Waals surface area contributed by atoms with Crippen molar-refractivity contribution in [2.75, 3.05) is 19.8 Å². The molecule has 0 bridgehead atoms. The van der Waals surface area contributed by atoms with Gasteiger partial charge in [-0.1, -0.05) is 182 Å². The molecule has 3 atom stereocenters. The Balaban J connectivity index is 4.27. The van der Waals surface area contributed by atoms with Gasteiger partial charge in [-0.25, -0.2) is 4.57 Å². The molecule has 0 saturated carbocycles. The van der Waals surface area contributed by atoms with Crippen LogP contribution in [0.4, 0.5) is 0 Å². The minimum absolute atomic E-state index is 0.0694. The van der Waals surface area contributed by atoms with Crippen LogP contribution in [0.3, 0.4) is 0 Å². The average Bonchev–Trinajstić information content (AvgIpc) is 3.19. The van der Waals surface area contributed by atoms with Crippen LogP contribution in [-0.2, 0) is 18.4 Å². The number of nitrogens with one attached hydrogen (secondary N) is 1. The predicted octanol–water partition coefficient (Wildman–Crippen LogP) is 12.6. The van der Waals surface area contributed by atoms with Crippen molar-refractivity contribution in [2.24, 2.45) is 5.73 Å². The fraction of sp³-hybridized carbons (Fsp3) is 0.681. The Morgan fingerprint density at radius 3 is 1.52 bits per heavy atom. The van der Waals surface area contributed by atoms with Crippen LogP contribution in [0.25, 0.3) is 0 Å². The van der Waals surface area contributed by atoms with Crippen LogP contribution >= 0.6 is 7.82 Å². The first-order chi connectivity index (χ1) is 27.4. The molecule has 0 rings (SSSR count). The molecule has 0 aliphatic carbocycles. The van der Waals surface area contributed by atoms with Crippen LogP contribution in [0.5, 0.6) is 0 Å². The van der Waals surface area contributed by atoms with Crippen molar-refractivity contribution in [2.45, 2.75) is 187 Å². The summed E-state index contributed by atoms with van der Waals surface area (Å²) < 4.78 is 22.1. The van der Waals surface area contributed by atoms with E-state index in [4.69, 9.17) is 14.8 Å². The van der Waals surface area contributed by atoms with Gasteiger partial charge in [0.15, 0.2) is 0 Å². The third-order valence-corrected chi connectivity index (χ3v) is 10.2. The Bertz CT molecular complexity index is 1150. The number of carbonyl (C=O) groups excluding carboxylic acids is 1. The standard InChI is InChI=1S/C47H83N2O6P/c1-3-5-7-9-11-13-15-17-19-20-21-22-23-24-25-26-27-29-31-33-35-37-39-41-47(51)49-45(44-55-56(52,53)54-43-42-48)46(50)40-38-36-34-32-30-28-18-16-14-12-10-8-6-4-2/h5,7,11,13,17,19,21-22,24-25,27,29,38,40,45-46,50H,3-4,6,8-10,12,14-16,18,20,23,26,28,30-37,39,41-44,48H2,1-2H3,(H,49,51)(H,52,53)/b7-5-,13-11-,19-17-,22-21-,25-24-,29-27-,40-38+. The summed E-state index contributed by atoms with van der Waals surface area (Å²) in [6.45, 7) is 3.98. The Labute approximate surface area is 343 Å². The van der Waals surface area contributed by atoms with E-state index in [1.807, 2.05) is 6.08 Å². The molecule has 0 aliphatic rings. The van der Waals surface area contributed by atoms with Gasteiger partial charge in [0, 0.05) is 13.0 Å². The molecule has 322 valence electrons. The highest BCUT2D eigenvalue weighted by Gasteiger charge is 2.26. The summed E-state index contributed by atoms with van der Waals surface area (Å²) in [6, 6.07) is -0.879. The summed E-state index contributed by atoms with van der Waals surface area (Å²) in [4.78, 5) is 22.7. The molecule has 3 unspecified atom stereocenters. The number of rotatable bonds is 40. The number of phosphoric acid groups is 1. The van der Waals surface area contributed by atoms with E-state index in [0.717, 1.165) is 89.9 Å². The number of unbranched alkanes of at least 4 members (excludes halogenated alkanes) is 16. The molecule has 9 heteroatoms.